The van der Waals surface area contributed by atoms with E-state index in [-0.39, 0.29) is 23.7 Å². The van der Waals surface area contributed by atoms with Gasteiger partial charge in [-0.1, -0.05) is 30.3 Å². The molecule has 0 spiro atoms. The average molecular weight is 386 g/mol. The molecule has 3 aromatic rings. The van der Waals surface area contributed by atoms with Crippen LogP contribution in [0.2, 0.25) is 0 Å². The van der Waals surface area contributed by atoms with Crippen LogP contribution in [0.3, 0.4) is 0 Å². The molecule has 140 valence electrons. The van der Waals surface area contributed by atoms with Gasteiger partial charge in [0.05, 0.1) is 10.5 Å². The summed E-state index contributed by atoms with van der Waals surface area (Å²) in [7, 11) is 3.90. The number of esters is 1. The van der Waals surface area contributed by atoms with Gasteiger partial charge in [-0.25, -0.2) is 4.79 Å². The number of carbonyl (C=O) groups is 1. The smallest absolute Gasteiger partial charge is 0.343 e. The number of nitro benzene ring substituents is 1. The first-order valence-electron chi connectivity index (χ1n) is 8.07. The van der Waals surface area contributed by atoms with E-state index < -0.39 is 10.9 Å². The zero-order chi connectivity index (χ0) is 18.7. The van der Waals surface area contributed by atoms with Crippen LogP contribution in [0.4, 0.5) is 5.69 Å². The molecule has 3 rings (SSSR count). The van der Waals surface area contributed by atoms with Crippen LogP contribution < -0.4 is 17.1 Å². The van der Waals surface area contributed by atoms with E-state index in [9.17, 15) is 14.9 Å². The second-order valence-electron chi connectivity index (χ2n) is 6.19. The van der Waals surface area contributed by atoms with E-state index in [1.165, 1.54) is 24.3 Å². The third-order valence-corrected chi connectivity index (χ3v) is 3.99. The van der Waals surface area contributed by atoms with Crippen LogP contribution in [-0.4, -0.2) is 29.9 Å². The first-order chi connectivity index (χ1) is 12.5. The van der Waals surface area contributed by atoms with E-state index in [1.807, 2.05) is 49.3 Å². The lowest BCUT2D eigenvalue weighted by Gasteiger charge is -2.16. The van der Waals surface area contributed by atoms with Gasteiger partial charge < -0.3 is 22.0 Å². The number of non-ortho nitro benzene ring substituents is 1. The highest BCUT2D eigenvalue weighted by Gasteiger charge is 2.16. The van der Waals surface area contributed by atoms with Crippen molar-refractivity contribution in [1.29, 1.82) is 0 Å². The minimum atomic E-state index is -0.546. The van der Waals surface area contributed by atoms with Gasteiger partial charge in [-0.2, -0.15) is 0 Å². The number of benzene rings is 3. The molecule has 0 saturated heterocycles. The first kappa shape index (κ1) is 20.4. The molecule has 6 nitrogen and oxygen atoms in total. The summed E-state index contributed by atoms with van der Waals surface area (Å²) >= 11 is 0. The predicted molar refractivity (Wildman–Crippen MR) is 99.4 cm³/mol. The van der Waals surface area contributed by atoms with Crippen LogP contribution in [0.1, 0.15) is 15.9 Å². The maximum absolute atomic E-state index is 12.5. The topological polar surface area (TPSA) is 72.7 Å². The molecule has 27 heavy (non-hydrogen) atoms. The van der Waals surface area contributed by atoms with Gasteiger partial charge in [0.1, 0.15) is 5.75 Å². The van der Waals surface area contributed by atoms with Gasteiger partial charge in [0.2, 0.25) is 0 Å². The van der Waals surface area contributed by atoms with Crippen molar-refractivity contribution in [2.45, 2.75) is 6.54 Å². The summed E-state index contributed by atoms with van der Waals surface area (Å²) in [5.41, 5.74) is 1.11. The highest BCUT2D eigenvalue weighted by atomic mass is 35.5. The number of nitrogens with zero attached hydrogens (tertiary/aromatic N) is 2. The molecule has 0 radical (unpaired) electrons. The third kappa shape index (κ3) is 4.61. The fourth-order valence-corrected chi connectivity index (χ4v) is 2.77. The van der Waals surface area contributed by atoms with Gasteiger partial charge in [0, 0.05) is 24.2 Å². The molecule has 3 aromatic carbocycles. The molecule has 0 amide bonds. The van der Waals surface area contributed by atoms with E-state index in [0.717, 1.165) is 16.3 Å². The van der Waals surface area contributed by atoms with E-state index in [1.54, 1.807) is 6.07 Å². The maximum atomic E-state index is 12.5. The quantitative estimate of drug-likeness (QED) is 0.284. The fraction of sp³-hybridized carbons (Fsp3) is 0.150. The molecule has 0 aliphatic rings. The number of hydrogen-bond acceptors (Lipinski definition) is 5. The van der Waals surface area contributed by atoms with Gasteiger partial charge in [0.25, 0.3) is 5.69 Å². The Morgan fingerprint density at radius 2 is 1.70 bits per heavy atom. The summed E-state index contributed by atoms with van der Waals surface area (Å²) in [5.74, 6) is -0.0593. The molecular weight excluding hydrogens is 368 g/mol. The lowest BCUT2D eigenvalue weighted by atomic mass is 10.0. The van der Waals surface area contributed by atoms with Gasteiger partial charge in [-0.15, -0.1) is 0 Å². The van der Waals surface area contributed by atoms with Crippen molar-refractivity contribution in [3.63, 3.8) is 0 Å². The number of halogens is 1. The van der Waals surface area contributed by atoms with Crippen LogP contribution >= 0.6 is 0 Å². The highest BCUT2D eigenvalue weighted by Crippen LogP contribution is 2.29. The Hall–Kier alpha value is -2.96. The minimum absolute atomic E-state index is 0. The van der Waals surface area contributed by atoms with Crippen molar-refractivity contribution >= 4 is 22.4 Å². The SMILES string of the molecule is CN(C)Cc1c(OC(=O)c2ccc([N+](=O)[O-])cc2)ccc2ccccc12.[Cl-]. The normalized spacial score (nSPS) is 10.5. The fourth-order valence-electron chi connectivity index (χ4n) is 2.77. The second kappa shape index (κ2) is 8.62. The zero-order valence-electron chi connectivity index (χ0n) is 14.9. The predicted octanol–water partition coefficient (Wildman–Crippen LogP) is 1.03. The molecule has 0 aromatic heterocycles. The molecule has 7 heteroatoms. The Bertz CT molecular complexity index is 971. The minimum Gasteiger partial charge on any atom is -1.00 e. The molecule has 0 saturated carbocycles. The maximum Gasteiger partial charge on any atom is 0.343 e. The van der Waals surface area contributed by atoms with E-state index >= 15 is 0 Å². The third-order valence-electron chi connectivity index (χ3n) is 3.99. The summed E-state index contributed by atoms with van der Waals surface area (Å²) in [6.07, 6.45) is 0. The highest BCUT2D eigenvalue weighted by molar-refractivity contribution is 5.93. The standard InChI is InChI=1S/C20H18N2O4.ClH/c1-21(2)13-18-17-6-4-3-5-14(17)9-12-19(18)26-20(23)15-7-10-16(11-8-15)22(24)25;/h3-12H,13H2,1-2H3;1H/p-1. The van der Waals surface area contributed by atoms with Crippen LogP contribution in [0.25, 0.3) is 10.8 Å². The Morgan fingerprint density at radius 3 is 2.33 bits per heavy atom. The Morgan fingerprint density at radius 1 is 1.04 bits per heavy atom. The van der Waals surface area contributed by atoms with Crippen LogP contribution in [0.15, 0.2) is 60.7 Å². The van der Waals surface area contributed by atoms with Crippen molar-refractivity contribution in [3.8, 4) is 5.75 Å². The van der Waals surface area contributed by atoms with Crippen molar-refractivity contribution in [1.82, 2.24) is 4.90 Å². The number of carbonyl (C=O) groups excluding carboxylic acids is 1. The van der Waals surface area contributed by atoms with E-state index in [4.69, 9.17) is 4.74 Å². The number of hydrogen-bond donors (Lipinski definition) is 0. The van der Waals surface area contributed by atoms with E-state index in [2.05, 4.69) is 0 Å². The molecule has 0 unspecified atom stereocenters. The van der Waals surface area contributed by atoms with Crippen molar-refractivity contribution in [2.75, 3.05) is 14.1 Å². The summed E-state index contributed by atoms with van der Waals surface area (Å²) in [6, 6.07) is 17.0. The molecule has 0 atom stereocenters. The summed E-state index contributed by atoms with van der Waals surface area (Å²) in [4.78, 5) is 24.7. The molecule has 0 bridgehead atoms. The van der Waals surface area contributed by atoms with Gasteiger partial charge in [0.15, 0.2) is 0 Å². The first-order valence-corrected chi connectivity index (χ1v) is 8.07. The Labute approximate surface area is 162 Å². The number of rotatable bonds is 5. The van der Waals surface area contributed by atoms with Gasteiger partial charge in [-0.05, 0) is 43.1 Å². The number of nitro groups is 1. The Balaban J connectivity index is 0.00000261. The average Bonchev–Trinajstić information content (AvgIpc) is 2.63. The van der Waals surface area contributed by atoms with Crippen LogP contribution in [0.5, 0.6) is 5.75 Å². The lowest BCUT2D eigenvalue weighted by Crippen LogP contribution is -3.00. The van der Waals surface area contributed by atoms with Crippen molar-refractivity contribution < 1.29 is 26.9 Å². The molecule has 0 aliphatic heterocycles. The van der Waals surface area contributed by atoms with Crippen molar-refractivity contribution in [3.05, 3.63) is 81.9 Å². The van der Waals surface area contributed by atoms with Gasteiger partial charge in [-0.3, -0.25) is 10.1 Å². The summed E-state index contributed by atoms with van der Waals surface area (Å²) in [6.45, 7) is 0.615. The Kier molecular flexibility index (Phi) is 6.50. The zero-order valence-corrected chi connectivity index (χ0v) is 15.6. The van der Waals surface area contributed by atoms with Gasteiger partial charge >= 0.3 is 5.97 Å². The number of fused-ring (bicyclic) bond motifs is 1. The molecular formula is C20H18ClN2O4-. The molecule has 0 N–H and O–H groups in total. The second-order valence-corrected chi connectivity index (χ2v) is 6.19. The summed E-state index contributed by atoms with van der Waals surface area (Å²) in [5, 5.41) is 12.8. The summed E-state index contributed by atoms with van der Waals surface area (Å²) < 4.78 is 5.61. The monoisotopic (exact) mass is 385 g/mol. The number of ether oxygens (including phenoxy) is 1. The molecule has 0 heterocycles. The van der Waals surface area contributed by atoms with Crippen molar-refractivity contribution in [2.24, 2.45) is 0 Å². The van der Waals surface area contributed by atoms with E-state index in [0.29, 0.717) is 12.3 Å². The largest absolute Gasteiger partial charge is 1.00 e. The molecule has 0 fully saturated rings. The molecule has 0 aliphatic carbocycles. The lowest BCUT2D eigenvalue weighted by molar-refractivity contribution is -0.384. The van der Waals surface area contributed by atoms with Crippen LogP contribution in [-0.2, 0) is 6.54 Å². The van der Waals surface area contributed by atoms with Crippen LogP contribution in [0, 0.1) is 10.1 Å².